The number of fused-ring (bicyclic) bond motifs is 1. The molecule has 36 heavy (non-hydrogen) atoms. The lowest BCUT2D eigenvalue weighted by Gasteiger charge is -2.25. The average molecular weight is 494 g/mol. The van der Waals surface area contributed by atoms with Gasteiger partial charge in [-0.15, -0.1) is 5.10 Å². The van der Waals surface area contributed by atoms with E-state index < -0.39 is 5.54 Å². The second-order valence-corrected chi connectivity index (χ2v) is 10.4. The maximum atomic E-state index is 10.1. The zero-order chi connectivity index (χ0) is 25.4. The monoisotopic (exact) mass is 493 g/mol. The molecular weight excluding hydrogens is 458 g/mol. The van der Waals surface area contributed by atoms with Crippen LogP contribution >= 0.6 is 0 Å². The number of rotatable bonds is 8. The van der Waals surface area contributed by atoms with Gasteiger partial charge in [-0.2, -0.15) is 5.10 Å². The SMILES string of the molecule is COC[C@H](C)Nc1ncc2c(-c3cnn(C(C)(C)c4ncc(C)o4)c3)cc(C3CCC(O)CC3)n2n1. The Morgan fingerprint density at radius 3 is 2.67 bits per heavy atom. The van der Waals surface area contributed by atoms with Gasteiger partial charge in [-0.25, -0.2) is 14.5 Å². The van der Waals surface area contributed by atoms with E-state index in [2.05, 4.69) is 26.4 Å². The molecule has 0 radical (unpaired) electrons. The van der Waals surface area contributed by atoms with Crippen LogP contribution in [-0.2, 0) is 10.3 Å². The molecule has 0 unspecified atom stereocenters. The Morgan fingerprint density at radius 1 is 1.19 bits per heavy atom. The number of hydrogen-bond donors (Lipinski definition) is 2. The van der Waals surface area contributed by atoms with Crippen molar-refractivity contribution in [2.24, 2.45) is 0 Å². The summed E-state index contributed by atoms with van der Waals surface area (Å²) in [5.41, 5.74) is 3.51. The van der Waals surface area contributed by atoms with E-state index in [4.69, 9.17) is 14.3 Å². The van der Waals surface area contributed by atoms with Crippen LogP contribution in [0.3, 0.4) is 0 Å². The third-order valence-corrected chi connectivity index (χ3v) is 7.06. The van der Waals surface area contributed by atoms with E-state index in [0.717, 1.165) is 53.8 Å². The molecule has 2 N–H and O–H groups in total. The molecule has 192 valence electrons. The van der Waals surface area contributed by atoms with E-state index in [1.54, 1.807) is 13.3 Å². The summed E-state index contributed by atoms with van der Waals surface area (Å²) < 4.78 is 15.0. The van der Waals surface area contributed by atoms with E-state index in [9.17, 15) is 5.11 Å². The second-order valence-electron chi connectivity index (χ2n) is 10.4. The molecule has 0 aromatic carbocycles. The highest BCUT2D eigenvalue weighted by atomic mass is 16.5. The van der Waals surface area contributed by atoms with Crippen LogP contribution < -0.4 is 5.32 Å². The highest BCUT2D eigenvalue weighted by Crippen LogP contribution is 2.38. The quantitative estimate of drug-likeness (QED) is 0.376. The largest absolute Gasteiger partial charge is 0.443 e. The van der Waals surface area contributed by atoms with Gasteiger partial charge in [0.2, 0.25) is 11.8 Å². The van der Waals surface area contributed by atoms with Crippen molar-refractivity contribution in [3.63, 3.8) is 0 Å². The molecule has 4 aromatic heterocycles. The van der Waals surface area contributed by atoms with Crippen LogP contribution in [0.1, 0.15) is 69.7 Å². The first-order chi connectivity index (χ1) is 17.3. The van der Waals surface area contributed by atoms with Crippen molar-refractivity contribution in [2.75, 3.05) is 19.0 Å². The molecule has 0 aliphatic heterocycles. The third-order valence-electron chi connectivity index (χ3n) is 7.06. The summed E-state index contributed by atoms with van der Waals surface area (Å²) in [6, 6.07) is 2.29. The Kier molecular flexibility index (Phi) is 6.57. The molecule has 4 heterocycles. The van der Waals surface area contributed by atoms with Gasteiger partial charge in [0.25, 0.3) is 0 Å². The summed E-state index contributed by atoms with van der Waals surface area (Å²) in [6.07, 6.45) is 10.7. The number of anilines is 1. The summed E-state index contributed by atoms with van der Waals surface area (Å²) in [4.78, 5) is 9.03. The van der Waals surface area contributed by atoms with E-state index in [1.807, 2.05) is 55.5 Å². The minimum Gasteiger partial charge on any atom is -0.443 e. The lowest BCUT2D eigenvalue weighted by atomic mass is 9.85. The maximum Gasteiger partial charge on any atom is 0.241 e. The fourth-order valence-corrected chi connectivity index (χ4v) is 4.99. The molecule has 4 aromatic rings. The molecule has 1 aliphatic carbocycles. The van der Waals surface area contributed by atoms with Crippen molar-refractivity contribution >= 4 is 11.5 Å². The number of oxazole rings is 1. The van der Waals surface area contributed by atoms with Crippen molar-refractivity contribution in [1.82, 2.24) is 29.4 Å². The highest BCUT2D eigenvalue weighted by Gasteiger charge is 2.30. The summed E-state index contributed by atoms with van der Waals surface area (Å²) >= 11 is 0. The van der Waals surface area contributed by atoms with Crippen LogP contribution in [0, 0.1) is 6.92 Å². The van der Waals surface area contributed by atoms with Crippen molar-refractivity contribution < 1.29 is 14.3 Å². The molecule has 10 nitrogen and oxygen atoms in total. The predicted octanol–water partition coefficient (Wildman–Crippen LogP) is 4.14. The Morgan fingerprint density at radius 2 is 1.97 bits per heavy atom. The topological polar surface area (TPSA) is 116 Å². The van der Waals surface area contributed by atoms with Gasteiger partial charge >= 0.3 is 0 Å². The summed E-state index contributed by atoms with van der Waals surface area (Å²) in [7, 11) is 1.68. The van der Waals surface area contributed by atoms with Crippen LogP contribution in [-0.4, -0.2) is 60.3 Å². The minimum absolute atomic E-state index is 0.0788. The minimum atomic E-state index is -0.546. The molecular formula is C26H35N7O3. The molecule has 0 saturated heterocycles. The number of aryl methyl sites for hydroxylation is 1. The molecule has 1 atom stereocenters. The first-order valence-corrected chi connectivity index (χ1v) is 12.6. The lowest BCUT2D eigenvalue weighted by molar-refractivity contribution is 0.121. The summed E-state index contributed by atoms with van der Waals surface area (Å²) in [6.45, 7) is 8.55. The van der Waals surface area contributed by atoms with Gasteiger partial charge in [-0.05, 0) is 59.4 Å². The predicted molar refractivity (Wildman–Crippen MR) is 136 cm³/mol. The normalized spacial score (nSPS) is 19.6. The molecule has 10 heteroatoms. The maximum absolute atomic E-state index is 10.1. The molecule has 1 fully saturated rings. The number of aliphatic hydroxyl groups is 1. The van der Waals surface area contributed by atoms with Gasteiger partial charge in [0.05, 0.1) is 36.8 Å². The number of aromatic nitrogens is 6. The summed E-state index contributed by atoms with van der Waals surface area (Å²) in [5, 5.41) is 22.9. The van der Waals surface area contributed by atoms with Crippen molar-refractivity contribution in [2.45, 2.75) is 77.0 Å². The molecule has 1 aliphatic rings. The number of nitrogens with zero attached hydrogens (tertiary/aromatic N) is 6. The Hall–Kier alpha value is -3.24. The zero-order valence-corrected chi connectivity index (χ0v) is 21.6. The van der Waals surface area contributed by atoms with Gasteiger partial charge in [-0.3, -0.25) is 4.68 Å². The van der Waals surface area contributed by atoms with Gasteiger partial charge in [0.1, 0.15) is 11.3 Å². The van der Waals surface area contributed by atoms with Crippen molar-refractivity contribution in [1.29, 1.82) is 0 Å². The van der Waals surface area contributed by atoms with E-state index in [1.165, 1.54) is 0 Å². The molecule has 5 rings (SSSR count). The summed E-state index contributed by atoms with van der Waals surface area (Å²) in [5.74, 6) is 2.26. The number of hydrogen-bond acceptors (Lipinski definition) is 8. The van der Waals surface area contributed by atoms with Crippen LogP contribution in [0.5, 0.6) is 0 Å². The van der Waals surface area contributed by atoms with Gasteiger partial charge in [-0.1, -0.05) is 0 Å². The van der Waals surface area contributed by atoms with Crippen LogP contribution in [0.2, 0.25) is 0 Å². The van der Waals surface area contributed by atoms with Crippen LogP contribution in [0.15, 0.2) is 35.3 Å². The van der Waals surface area contributed by atoms with Crippen LogP contribution in [0.4, 0.5) is 5.95 Å². The van der Waals surface area contributed by atoms with Crippen LogP contribution in [0.25, 0.3) is 16.6 Å². The standard InChI is InChI=1S/C26H35N7O3/c1-16(15-35-5)30-25-28-13-23-21(10-22(33(23)31-25)18-6-8-20(34)9-7-18)19-12-29-32(14-19)26(3,4)24-27-11-17(2)36-24/h10-14,16,18,20,34H,6-9,15H2,1-5H3,(H,30,31)/t16-,18?,20?/m0/s1. The fourth-order valence-electron chi connectivity index (χ4n) is 4.99. The third kappa shape index (κ3) is 4.62. The number of nitrogens with one attached hydrogen (secondary N) is 1. The zero-order valence-electron chi connectivity index (χ0n) is 21.6. The molecule has 0 bridgehead atoms. The fraction of sp³-hybridized carbons (Fsp3) is 0.538. The van der Waals surface area contributed by atoms with E-state index >= 15 is 0 Å². The smallest absolute Gasteiger partial charge is 0.241 e. The van der Waals surface area contributed by atoms with Gasteiger partial charge in [0.15, 0.2) is 0 Å². The highest BCUT2D eigenvalue weighted by molar-refractivity contribution is 5.81. The number of aliphatic hydroxyl groups excluding tert-OH is 1. The number of methoxy groups -OCH3 is 1. The van der Waals surface area contributed by atoms with Gasteiger partial charge < -0.3 is 19.6 Å². The Labute approximate surface area is 210 Å². The van der Waals surface area contributed by atoms with Gasteiger partial charge in [0, 0.05) is 42.1 Å². The molecule has 0 amide bonds. The average Bonchev–Trinajstić information content (AvgIpc) is 3.58. The Bertz CT molecular complexity index is 1330. The Balaban J connectivity index is 1.54. The molecule has 0 spiro atoms. The lowest BCUT2D eigenvalue weighted by Crippen LogP contribution is -2.28. The van der Waals surface area contributed by atoms with Crippen molar-refractivity contribution in [3.05, 3.63) is 48.2 Å². The first kappa shape index (κ1) is 24.5. The number of ether oxygens (including phenoxy) is 1. The van der Waals surface area contributed by atoms with E-state index in [-0.39, 0.29) is 12.1 Å². The molecule has 1 saturated carbocycles. The second kappa shape index (κ2) is 9.67. The van der Waals surface area contributed by atoms with E-state index in [0.29, 0.717) is 24.4 Å². The first-order valence-electron chi connectivity index (χ1n) is 12.6. The van der Waals surface area contributed by atoms with Crippen molar-refractivity contribution in [3.8, 4) is 11.1 Å².